The van der Waals surface area contributed by atoms with Crippen molar-refractivity contribution in [3.05, 3.63) is 41.9 Å². The van der Waals surface area contributed by atoms with E-state index in [1.54, 1.807) is 25.5 Å². The normalized spacial score (nSPS) is 18.9. The molecule has 0 unspecified atom stereocenters. The SMILES string of the molecule is Cc1oc2ncnc(NC3(C)CC3)c2c1C(=O)NC1(c2cnccn2)CC1. The molecule has 3 aromatic rings. The van der Waals surface area contributed by atoms with Gasteiger partial charge in [-0.1, -0.05) is 0 Å². The molecule has 2 fully saturated rings. The molecular formula is C19H20N6O2. The van der Waals surface area contributed by atoms with E-state index in [-0.39, 0.29) is 11.4 Å². The highest BCUT2D eigenvalue weighted by atomic mass is 16.3. The summed E-state index contributed by atoms with van der Waals surface area (Å²) in [6.07, 6.45) is 10.3. The molecule has 8 heteroatoms. The largest absolute Gasteiger partial charge is 0.442 e. The molecule has 0 aromatic carbocycles. The molecule has 138 valence electrons. The van der Waals surface area contributed by atoms with Crippen LogP contribution in [-0.4, -0.2) is 31.4 Å². The number of anilines is 1. The third kappa shape index (κ3) is 2.72. The molecule has 5 rings (SSSR count). The van der Waals surface area contributed by atoms with E-state index in [0.717, 1.165) is 31.4 Å². The number of nitrogens with one attached hydrogen (secondary N) is 2. The molecule has 0 atom stereocenters. The molecule has 2 saturated carbocycles. The van der Waals surface area contributed by atoms with Crippen molar-refractivity contribution >= 4 is 22.8 Å². The first kappa shape index (κ1) is 16.2. The lowest BCUT2D eigenvalue weighted by atomic mass is 10.1. The van der Waals surface area contributed by atoms with E-state index in [0.29, 0.717) is 28.2 Å². The number of amides is 1. The molecule has 3 aromatic heterocycles. The number of aryl methyl sites for hydroxylation is 1. The van der Waals surface area contributed by atoms with Crippen molar-refractivity contribution < 1.29 is 9.21 Å². The second kappa shape index (κ2) is 5.48. The lowest BCUT2D eigenvalue weighted by Gasteiger charge is -2.17. The summed E-state index contributed by atoms with van der Waals surface area (Å²) in [5.74, 6) is 0.974. The molecule has 0 radical (unpaired) electrons. The maximum absolute atomic E-state index is 13.2. The Balaban J connectivity index is 1.53. The van der Waals surface area contributed by atoms with Gasteiger partial charge in [-0.2, -0.15) is 0 Å². The summed E-state index contributed by atoms with van der Waals surface area (Å²) < 4.78 is 5.76. The van der Waals surface area contributed by atoms with Crippen molar-refractivity contribution in [3.8, 4) is 0 Å². The Kier molecular flexibility index (Phi) is 3.28. The van der Waals surface area contributed by atoms with Crippen LogP contribution in [0.1, 0.15) is 54.4 Å². The smallest absolute Gasteiger partial charge is 0.256 e. The van der Waals surface area contributed by atoms with Gasteiger partial charge in [0, 0.05) is 17.9 Å². The fraction of sp³-hybridized carbons (Fsp3) is 0.421. The predicted molar refractivity (Wildman–Crippen MR) is 98.2 cm³/mol. The van der Waals surface area contributed by atoms with Gasteiger partial charge in [0.2, 0.25) is 5.71 Å². The monoisotopic (exact) mass is 364 g/mol. The van der Waals surface area contributed by atoms with Gasteiger partial charge in [0.1, 0.15) is 17.9 Å². The molecule has 1 amide bonds. The maximum atomic E-state index is 13.2. The number of carbonyl (C=O) groups excluding carboxylic acids is 1. The average Bonchev–Trinajstić information content (AvgIpc) is 3.56. The number of hydrogen-bond donors (Lipinski definition) is 2. The van der Waals surface area contributed by atoms with Gasteiger partial charge in [0.25, 0.3) is 5.91 Å². The van der Waals surface area contributed by atoms with E-state index < -0.39 is 5.54 Å². The van der Waals surface area contributed by atoms with Gasteiger partial charge in [0.15, 0.2) is 0 Å². The van der Waals surface area contributed by atoms with Crippen LogP contribution in [0.25, 0.3) is 11.1 Å². The Morgan fingerprint density at radius 1 is 1.15 bits per heavy atom. The standard InChI is InChI=1S/C19H20N6O2/c1-11-13(16(26)25-19(5-6-19)12-9-20-7-8-21-12)14-15(24-18(2)3-4-18)22-10-23-17(14)27-11/h7-10H,3-6H2,1-2H3,(H,25,26)(H,22,23,24). The Morgan fingerprint density at radius 2 is 1.96 bits per heavy atom. The summed E-state index contributed by atoms with van der Waals surface area (Å²) in [5, 5.41) is 7.22. The van der Waals surface area contributed by atoms with Gasteiger partial charge < -0.3 is 15.1 Å². The molecule has 2 aliphatic rings. The molecule has 2 aliphatic carbocycles. The summed E-state index contributed by atoms with van der Waals surface area (Å²) in [7, 11) is 0. The van der Waals surface area contributed by atoms with E-state index in [9.17, 15) is 4.79 Å². The minimum absolute atomic E-state index is 0.0253. The van der Waals surface area contributed by atoms with Crippen molar-refractivity contribution in [2.45, 2.75) is 50.6 Å². The van der Waals surface area contributed by atoms with Crippen molar-refractivity contribution in [3.63, 3.8) is 0 Å². The summed E-state index contributed by atoms with van der Waals surface area (Å²) in [5.41, 5.74) is 1.25. The molecule has 3 heterocycles. The Labute approximate surface area is 155 Å². The van der Waals surface area contributed by atoms with Crippen LogP contribution in [0, 0.1) is 6.92 Å². The number of hydrogen-bond acceptors (Lipinski definition) is 7. The predicted octanol–water partition coefficient (Wildman–Crippen LogP) is 2.70. The number of carbonyl (C=O) groups is 1. The van der Waals surface area contributed by atoms with Crippen LogP contribution in [0.15, 0.2) is 29.3 Å². The molecular weight excluding hydrogens is 344 g/mol. The lowest BCUT2D eigenvalue weighted by Crippen LogP contribution is -2.36. The molecule has 0 spiro atoms. The summed E-state index contributed by atoms with van der Waals surface area (Å²) >= 11 is 0. The first-order valence-corrected chi connectivity index (χ1v) is 9.11. The number of furan rings is 1. The highest BCUT2D eigenvalue weighted by Crippen LogP contribution is 2.45. The van der Waals surface area contributed by atoms with Gasteiger partial charge in [-0.05, 0) is 39.5 Å². The van der Waals surface area contributed by atoms with Crippen LogP contribution >= 0.6 is 0 Å². The quantitative estimate of drug-likeness (QED) is 0.717. The molecule has 0 bridgehead atoms. The number of aromatic nitrogens is 4. The summed E-state index contributed by atoms with van der Waals surface area (Å²) in [4.78, 5) is 30.3. The average molecular weight is 364 g/mol. The van der Waals surface area contributed by atoms with Crippen molar-refractivity contribution in [2.75, 3.05) is 5.32 Å². The fourth-order valence-electron chi connectivity index (χ4n) is 3.41. The molecule has 27 heavy (non-hydrogen) atoms. The minimum atomic E-state index is -0.451. The second-order valence-corrected chi connectivity index (χ2v) is 7.75. The Bertz CT molecular complexity index is 1040. The highest BCUT2D eigenvalue weighted by molar-refractivity contribution is 6.10. The minimum Gasteiger partial charge on any atom is -0.442 e. The zero-order valence-electron chi connectivity index (χ0n) is 15.2. The molecule has 0 saturated heterocycles. The number of fused-ring (bicyclic) bond motifs is 1. The zero-order valence-corrected chi connectivity index (χ0v) is 15.2. The Hall–Kier alpha value is -3.03. The van der Waals surface area contributed by atoms with Gasteiger partial charge in [0.05, 0.1) is 28.4 Å². The van der Waals surface area contributed by atoms with Gasteiger partial charge in [-0.3, -0.25) is 14.8 Å². The molecule has 8 nitrogen and oxygen atoms in total. The third-order valence-corrected chi connectivity index (χ3v) is 5.47. The van der Waals surface area contributed by atoms with Crippen molar-refractivity contribution in [1.82, 2.24) is 25.3 Å². The van der Waals surface area contributed by atoms with Crippen LogP contribution in [0.5, 0.6) is 0 Å². The van der Waals surface area contributed by atoms with Gasteiger partial charge >= 0.3 is 0 Å². The fourth-order valence-corrected chi connectivity index (χ4v) is 3.41. The van der Waals surface area contributed by atoms with Crippen LogP contribution in [0.2, 0.25) is 0 Å². The molecule has 0 aliphatic heterocycles. The van der Waals surface area contributed by atoms with E-state index >= 15 is 0 Å². The summed E-state index contributed by atoms with van der Waals surface area (Å²) in [6.45, 7) is 3.92. The van der Waals surface area contributed by atoms with Crippen LogP contribution < -0.4 is 10.6 Å². The van der Waals surface area contributed by atoms with Gasteiger partial charge in [-0.15, -0.1) is 0 Å². The number of nitrogens with zero attached hydrogens (tertiary/aromatic N) is 4. The van der Waals surface area contributed by atoms with Crippen molar-refractivity contribution in [2.24, 2.45) is 0 Å². The van der Waals surface area contributed by atoms with E-state index in [1.165, 1.54) is 6.33 Å². The van der Waals surface area contributed by atoms with E-state index in [2.05, 4.69) is 37.5 Å². The van der Waals surface area contributed by atoms with Crippen molar-refractivity contribution in [1.29, 1.82) is 0 Å². The number of rotatable bonds is 5. The van der Waals surface area contributed by atoms with Crippen LogP contribution in [0.3, 0.4) is 0 Å². The zero-order chi connectivity index (χ0) is 18.6. The summed E-state index contributed by atoms with van der Waals surface area (Å²) in [6, 6.07) is 0. The van der Waals surface area contributed by atoms with Crippen LogP contribution in [-0.2, 0) is 5.54 Å². The first-order chi connectivity index (χ1) is 13.0. The second-order valence-electron chi connectivity index (χ2n) is 7.75. The van der Waals surface area contributed by atoms with Crippen LogP contribution in [0.4, 0.5) is 5.82 Å². The lowest BCUT2D eigenvalue weighted by molar-refractivity contribution is 0.0929. The van der Waals surface area contributed by atoms with E-state index in [4.69, 9.17) is 4.42 Å². The first-order valence-electron chi connectivity index (χ1n) is 9.11. The Morgan fingerprint density at radius 3 is 2.63 bits per heavy atom. The van der Waals surface area contributed by atoms with E-state index in [1.807, 2.05) is 0 Å². The highest BCUT2D eigenvalue weighted by Gasteiger charge is 2.48. The van der Waals surface area contributed by atoms with Gasteiger partial charge in [-0.25, -0.2) is 9.97 Å². The third-order valence-electron chi connectivity index (χ3n) is 5.47. The molecule has 2 N–H and O–H groups in total. The topological polar surface area (TPSA) is 106 Å². The maximum Gasteiger partial charge on any atom is 0.256 e.